The Kier molecular flexibility index (Phi) is 5.78. The van der Waals surface area contributed by atoms with Crippen molar-refractivity contribution >= 4 is 45.4 Å². The fourth-order valence-electron chi connectivity index (χ4n) is 4.95. The number of hydrogen-bond donors (Lipinski definition) is 0. The van der Waals surface area contributed by atoms with Crippen LogP contribution in [0.3, 0.4) is 0 Å². The highest BCUT2D eigenvalue weighted by molar-refractivity contribution is 7.80. The van der Waals surface area contributed by atoms with Crippen molar-refractivity contribution in [3.63, 3.8) is 0 Å². The summed E-state index contributed by atoms with van der Waals surface area (Å²) in [6, 6.07) is 48.0. The molecule has 35 heavy (non-hydrogen) atoms. The largest absolute Gasteiger partial charge is 0.495 e. The predicted molar refractivity (Wildman–Crippen MR) is 152 cm³/mol. The van der Waals surface area contributed by atoms with E-state index in [-0.39, 0.29) is 0 Å². The summed E-state index contributed by atoms with van der Waals surface area (Å²) < 4.78 is 6.08. The normalized spacial score (nSPS) is 11.3. The van der Waals surface area contributed by atoms with Crippen molar-refractivity contribution in [1.82, 2.24) is 0 Å². The zero-order chi connectivity index (χ0) is 23.6. The maximum Gasteiger partial charge on any atom is 0.134 e. The Morgan fingerprint density at radius 2 is 0.943 bits per heavy atom. The van der Waals surface area contributed by atoms with E-state index in [0.29, 0.717) is 0 Å². The molecule has 0 aliphatic rings. The van der Waals surface area contributed by atoms with E-state index in [1.165, 1.54) is 37.6 Å². The summed E-state index contributed by atoms with van der Waals surface area (Å²) >= 11 is 0. The zero-order valence-corrected chi connectivity index (χ0v) is 20.5. The third kappa shape index (κ3) is 3.89. The van der Waals surface area contributed by atoms with Crippen molar-refractivity contribution < 1.29 is 4.74 Å². The van der Waals surface area contributed by atoms with E-state index >= 15 is 0 Å². The number of hydrogen-bond acceptors (Lipinski definition) is 1. The molecular formula is C33H25OP. The maximum atomic E-state index is 6.08. The van der Waals surface area contributed by atoms with E-state index in [2.05, 4.69) is 133 Å². The molecule has 0 aliphatic heterocycles. The molecular weight excluding hydrogens is 443 g/mol. The van der Waals surface area contributed by atoms with Crippen LogP contribution in [0, 0.1) is 0 Å². The van der Waals surface area contributed by atoms with Crippen LogP contribution >= 0.6 is 7.92 Å². The van der Waals surface area contributed by atoms with E-state index in [1.807, 2.05) is 0 Å². The molecule has 0 aromatic heterocycles. The van der Waals surface area contributed by atoms with Crippen molar-refractivity contribution in [1.29, 1.82) is 0 Å². The van der Waals surface area contributed by atoms with Crippen LogP contribution in [0.25, 0.3) is 32.7 Å². The second kappa shape index (κ2) is 9.37. The summed E-state index contributed by atoms with van der Waals surface area (Å²) in [6.45, 7) is 0. The van der Waals surface area contributed by atoms with Gasteiger partial charge in [-0.05, 0) is 46.3 Å². The standard InChI is InChI=1S/C33H25OP/c1-34-32-28-18-10-8-12-24(28)20-22-30(32)31-23-21-25-13-9-11-19-29(25)33(31)35(26-14-4-2-5-15-26)27-16-6-3-7-17-27/h2-23H,1H3. The number of rotatable bonds is 5. The number of methoxy groups -OCH3 is 1. The Morgan fingerprint density at radius 3 is 1.54 bits per heavy atom. The van der Waals surface area contributed by atoms with Gasteiger partial charge in [0.1, 0.15) is 5.75 Å². The van der Waals surface area contributed by atoms with Gasteiger partial charge in [-0.15, -0.1) is 0 Å². The average Bonchev–Trinajstić information content (AvgIpc) is 2.94. The van der Waals surface area contributed by atoms with Crippen molar-refractivity contribution in [2.45, 2.75) is 0 Å². The third-order valence-corrected chi connectivity index (χ3v) is 9.08. The molecule has 0 amide bonds. The topological polar surface area (TPSA) is 9.23 Å². The summed E-state index contributed by atoms with van der Waals surface area (Å²) in [4.78, 5) is 0. The monoisotopic (exact) mass is 468 g/mol. The maximum absolute atomic E-state index is 6.08. The van der Waals surface area contributed by atoms with Gasteiger partial charge >= 0.3 is 0 Å². The molecule has 0 atom stereocenters. The zero-order valence-electron chi connectivity index (χ0n) is 19.6. The minimum atomic E-state index is -0.806. The van der Waals surface area contributed by atoms with Gasteiger partial charge in [0.05, 0.1) is 7.11 Å². The van der Waals surface area contributed by atoms with E-state index in [0.717, 1.165) is 16.7 Å². The average molecular weight is 469 g/mol. The minimum absolute atomic E-state index is 0.806. The molecule has 0 N–H and O–H groups in total. The quantitative estimate of drug-likeness (QED) is 0.239. The van der Waals surface area contributed by atoms with E-state index in [1.54, 1.807) is 7.11 Å². The second-order valence-electron chi connectivity index (χ2n) is 8.56. The van der Waals surface area contributed by atoms with Crippen molar-refractivity contribution in [3.8, 4) is 16.9 Å². The summed E-state index contributed by atoms with van der Waals surface area (Å²) in [5.74, 6) is 0.927. The lowest BCUT2D eigenvalue weighted by Crippen LogP contribution is -2.23. The molecule has 0 unspecified atom stereocenters. The van der Waals surface area contributed by atoms with E-state index in [9.17, 15) is 0 Å². The molecule has 0 spiro atoms. The van der Waals surface area contributed by atoms with Crippen molar-refractivity contribution in [2.75, 3.05) is 7.11 Å². The van der Waals surface area contributed by atoms with Gasteiger partial charge in [-0.3, -0.25) is 0 Å². The Hall–Kier alpha value is -3.93. The van der Waals surface area contributed by atoms with Gasteiger partial charge in [0.15, 0.2) is 0 Å². The van der Waals surface area contributed by atoms with Gasteiger partial charge in [0, 0.05) is 16.3 Å². The smallest absolute Gasteiger partial charge is 0.134 e. The van der Waals surface area contributed by atoms with E-state index < -0.39 is 7.92 Å². The molecule has 2 heteroatoms. The number of fused-ring (bicyclic) bond motifs is 2. The molecule has 0 saturated carbocycles. The lowest BCUT2D eigenvalue weighted by Gasteiger charge is -2.25. The lowest BCUT2D eigenvalue weighted by atomic mass is 9.97. The molecule has 0 aliphatic carbocycles. The molecule has 6 rings (SSSR count). The molecule has 6 aromatic carbocycles. The first-order valence-electron chi connectivity index (χ1n) is 11.8. The van der Waals surface area contributed by atoms with Crippen LogP contribution < -0.4 is 20.7 Å². The fourth-order valence-corrected chi connectivity index (χ4v) is 7.59. The van der Waals surface area contributed by atoms with Crippen molar-refractivity contribution in [2.24, 2.45) is 0 Å². The summed E-state index contributed by atoms with van der Waals surface area (Å²) in [7, 11) is 0.975. The van der Waals surface area contributed by atoms with Crippen LogP contribution in [0.4, 0.5) is 0 Å². The van der Waals surface area contributed by atoms with Gasteiger partial charge in [-0.2, -0.15) is 0 Å². The summed E-state index contributed by atoms with van der Waals surface area (Å²) in [5.41, 5.74) is 2.36. The predicted octanol–water partition coefficient (Wildman–Crippen LogP) is 7.43. The van der Waals surface area contributed by atoms with Crippen LogP contribution in [-0.2, 0) is 0 Å². The lowest BCUT2D eigenvalue weighted by molar-refractivity contribution is 0.421. The minimum Gasteiger partial charge on any atom is -0.495 e. The Labute approximate surface area is 207 Å². The van der Waals surface area contributed by atoms with Gasteiger partial charge in [-0.1, -0.05) is 127 Å². The van der Waals surface area contributed by atoms with Gasteiger partial charge in [0.25, 0.3) is 0 Å². The molecule has 0 heterocycles. The fraction of sp³-hybridized carbons (Fsp3) is 0.0303. The Balaban J connectivity index is 1.73. The summed E-state index contributed by atoms with van der Waals surface area (Å²) in [5, 5.41) is 8.91. The number of benzene rings is 6. The van der Waals surface area contributed by atoms with Gasteiger partial charge in [-0.25, -0.2) is 0 Å². The molecule has 168 valence electrons. The van der Waals surface area contributed by atoms with Crippen molar-refractivity contribution in [3.05, 3.63) is 133 Å². The SMILES string of the molecule is COc1c(-c2ccc3ccccc3c2P(c2ccccc2)c2ccccc2)ccc2ccccc12. The van der Waals surface area contributed by atoms with Crippen LogP contribution in [0.5, 0.6) is 5.75 Å². The second-order valence-corrected chi connectivity index (χ2v) is 10.7. The van der Waals surface area contributed by atoms with Crippen LogP contribution in [0.2, 0.25) is 0 Å². The Bertz CT molecular complexity index is 1580. The Morgan fingerprint density at radius 1 is 0.457 bits per heavy atom. The molecule has 1 nitrogen and oxygen atoms in total. The van der Waals surface area contributed by atoms with Crippen LogP contribution in [-0.4, -0.2) is 7.11 Å². The van der Waals surface area contributed by atoms with Crippen LogP contribution in [0.1, 0.15) is 0 Å². The molecule has 0 bridgehead atoms. The highest BCUT2D eigenvalue weighted by Gasteiger charge is 2.24. The first-order chi connectivity index (χ1) is 17.3. The molecule has 6 aromatic rings. The number of ether oxygens (including phenoxy) is 1. The molecule has 0 saturated heterocycles. The highest BCUT2D eigenvalue weighted by atomic mass is 31.1. The van der Waals surface area contributed by atoms with Gasteiger partial charge in [0.2, 0.25) is 0 Å². The van der Waals surface area contributed by atoms with E-state index in [4.69, 9.17) is 4.74 Å². The summed E-state index contributed by atoms with van der Waals surface area (Å²) in [6.07, 6.45) is 0. The first kappa shape index (κ1) is 21.6. The van der Waals surface area contributed by atoms with Crippen LogP contribution in [0.15, 0.2) is 133 Å². The first-order valence-corrected chi connectivity index (χ1v) is 13.2. The molecule has 0 fully saturated rings. The third-order valence-electron chi connectivity index (χ3n) is 6.53. The molecule has 0 radical (unpaired) electrons. The van der Waals surface area contributed by atoms with Gasteiger partial charge < -0.3 is 4.74 Å². The highest BCUT2D eigenvalue weighted by Crippen LogP contribution is 2.44.